The van der Waals surface area contributed by atoms with Crippen molar-refractivity contribution in [2.24, 2.45) is 41.4 Å². The van der Waals surface area contributed by atoms with E-state index >= 15 is 0 Å². The van der Waals surface area contributed by atoms with Crippen LogP contribution in [0.1, 0.15) is 49.7 Å². The molecule has 7 aliphatic carbocycles. The van der Waals surface area contributed by atoms with Crippen molar-refractivity contribution in [3.8, 4) is 51.4 Å². The quantitative estimate of drug-likeness (QED) is 0.183. The average molecular weight is 622 g/mol. The molecule has 1 aromatic heterocycles. The van der Waals surface area contributed by atoms with Crippen LogP contribution in [0.2, 0.25) is 0 Å². The van der Waals surface area contributed by atoms with Crippen molar-refractivity contribution in [2.45, 2.75) is 43.9 Å². The van der Waals surface area contributed by atoms with Crippen LogP contribution >= 0.6 is 0 Å². The first-order valence-corrected chi connectivity index (χ1v) is 17.6. The fourth-order valence-electron chi connectivity index (χ4n) is 11.5. The second-order valence-electron chi connectivity index (χ2n) is 15.2. The maximum absolute atomic E-state index is 9.32. The molecular weight excluding hydrogens is 587 g/mol. The Morgan fingerprint density at radius 3 is 1.79 bits per heavy atom. The Labute approximate surface area is 281 Å². The van der Waals surface area contributed by atoms with E-state index in [2.05, 4.69) is 59.4 Å². The van der Waals surface area contributed by atoms with Gasteiger partial charge in [0.1, 0.15) is 0 Å². The molecule has 0 spiro atoms. The van der Waals surface area contributed by atoms with Crippen LogP contribution in [-0.2, 0) is 5.41 Å². The zero-order chi connectivity index (χ0) is 32.0. The number of aromatic nitrogens is 3. The Balaban J connectivity index is 1.01. The van der Waals surface area contributed by atoms with Gasteiger partial charge in [0.25, 0.3) is 0 Å². The molecule has 4 unspecified atom stereocenters. The molecule has 5 nitrogen and oxygen atoms in total. The minimum Gasteiger partial charge on any atom is -0.238 e. The molecule has 0 amide bonds. The van der Waals surface area contributed by atoms with Crippen LogP contribution in [-0.4, -0.2) is 15.0 Å². The lowest BCUT2D eigenvalue weighted by Crippen LogP contribution is -2.69. The van der Waals surface area contributed by atoms with Gasteiger partial charge in [0, 0.05) is 22.1 Å². The normalized spacial score (nSPS) is 30.2. The summed E-state index contributed by atoms with van der Waals surface area (Å²) >= 11 is 0. The molecule has 0 radical (unpaired) electrons. The number of hydrogen-bond acceptors (Lipinski definition) is 4. The van der Waals surface area contributed by atoms with Gasteiger partial charge < -0.3 is 0 Å². The van der Waals surface area contributed by atoms with Crippen LogP contribution in [0.25, 0.3) is 50.1 Å². The first-order chi connectivity index (χ1) is 23.6. The summed E-state index contributed by atoms with van der Waals surface area (Å²) in [6.07, 6.45) is 8.93. The molecule has 0 aliphatic heterocycles. The molecule has 4 aromatic carbocycles. The van der Waals surface area contributed by atoms with Gasteiger partial charge in [0.05, 0.1) is 18.2 Å². The second kappa shape index (κ2) is 10.4. The van der Waals surface area contributed by atoms with E-state index in [-0.39, 0.29) is 0 Å². The molecule has 7 aliphatic rings. The SMILES string of the molecule is [C-]#[N+]c1ccc(-c2nc(-c3ccc(C#N)cc3)nc(-c3cccc(-c4ccc(C56CC7CC8C9CC(CC85)CC6C9C7)cc4)c3)n2)cc1. The third-order valence-electron chi connectivity index (χ3n) is 13.1. The summed E-state index contributed by atoms with van der Waals surface area (Å²) in [4.78, 5) is 18.2. The third-order valence-corrected chi connectivity index (χ3v) is 13.1. The first-order valence-electron chi connectivity index (χ1n) is 17.6. The lowest BCUT2D eigenvalue weighted by molar-refractivity contribution is -0.220. The highest BCUT2D eigenvalue weighted by molar-refractivity contribution is 5.73. The van der Waals surface area contributed by atoms with Crippen molar-refractivity contribution in [3.05, 3.63) is 120 Å². The van der Waals surface area contributed by atoms with E-state index in [0.29, 0.717) is 34.1 Å². The number of benzene rings is 4. The fraction of sp³-hybridized carbons (Fsp3) is 0.326. The molecular formula is C43H35N5. The van der Waals surface area contributed by atoms with Crippen molar-refractivity contribution in [1.29, 1.82) is 5.26 Å². The monoisotopic (exact) mass is 621 g/mol. The third kappa shape index (κ3) is 4.10. The Kier molecular flexibility index (Phi) is 6.07. The van der Waals surface area contributed by atoms with E-state index in [1.165, 1.54) is 44.1 Å². The Hall–Kier alpha value is -5.13. The maximum atomic E-state index is 9.32. The predicted octanol–water partition coefficient (Wildman–Crippen LogP) is 9.92. The summed E-state index contributed by atoms with van der Waals surface area (Å²) in [5.41, 5.74) is 8.11. The highest BCUT2D eigenvalue weighted by Crippen LogP contribution is 2.76. The molecule has 12 rings (SSSR count). The second-order valence-corrected chi connectivity index (χ2v) is 15.2. The van der Waals surface area contributed by atoms with Crippen LogP contribution in [0.15, 0.2) is 97.1 Å². The van der Waals surface area contributed by atoms with Gasteiger partial charge in [-0.3, -0.25) is 0 Å². The van der Waals surface area contributed by atoms with Gasteiger partial charge in [-0.25, -0.2) is 19.8 Å². The zero-order valence-corrected chi connectivity index (χ0v) is 26.8. The Morgan fingerprint density at radius 2 is 1.17 bits per heavy atom. The first kappa shape index (κ1) is 27.9. The van der Waals surface area contributed by atoms with E-state index < -0.39 is 0 Å². The summed E-state index contributed by atoms with van der Waals surface area (Å²) < 4.78 is 0. The molecule has 232 valence electrons. The average Bonchev–Trinajstić information content (AvgIpc) is 3.16. The molecule has 5 aromatic rings. The molecule has 8 bridgehead atoms. The number of nitrogens with zero attached hydrogens (tertiary/aromatic N) is 5. The molecule has 0 N–H and O–H groups in total. The van der Waals surface area contributed by atoms with E-state index in [0.717, 1.165) is 63.7 Å². The van der Waals surface area contributed by atoms with Crippen molar-refractivity contribution in [3.63, 3.8) is 0 Å². The number of nitriles is 1. The topological polar surface area (TPSA) is 66.8 Å². The lowest BCUT2D eigenvalue weighted by atomic mass is 9.30. The number of hydrogen-bond donors (Lipinski definition) is 0. The molecule has 48 heavy (non-hydrogen) atoms. The van der Waals surface area contributed by atoms with Crippen molar-refractivity contribution >= 4 is 5.69 Å². The molecule has 7 saturated carbocycles. The van der Waals surface area contributed by atoms with Crippen molar-refractivity contribution < 1.29 is 0 Å². The van der Waals surface area contributed by atoms with Gasteiger partial charge in [0.2, 0.25) is 0 Å². The van der Waals surface area contributed by atoms with E-state index in [4.69, 9.17) is 21.5 Å². The Morgan fingerprint density at radius 1 is 0.604 bits per heavy atom. The lowest BCUT2D eigenvalue weighted by Gasteiger charge is -2.74. The fourth-order valence-corrected chi connectivity index (χ4v) is 11.5. The highest BCUT2D eigenvalue weighted by atomic mass is 15.0. The van der Waals surface area contributed by atoms with Crippen LogP contribution in [0.3, 0.4) is 0 Å². The zero-order valence-electron chi connectivity index (χ0n) is 26.8. The molecule has 7 fully saturated rings. The summed E-state index contributed by atoms with van der Waals surface area (Å²) in [6, 6.07) is 35.1. The van der Waals surface area contributed by atoms with Crippen molar-refractivity contribution in [2.75, 3.05) is 0 Å². The molecule has 5 heteroatoms. The summed E-state index contributed by atoms with van der Waals surface area (Å²) in [6.45, 7) is 7.34. The van der Waals surface area contributed by atoms with Gasteiger partial charge in [-0.15, -0.1) is 0 Å². The summed E-state index contributed by atoms with van der Waals surface area (Å²) in [5, 5.41) is 9.32. The smallest absolute Gasteiger partial charge is 0.187 e. The summed E-state index contributed by atoms with van der Waals surface area (Å²) in [5.74, 6) is 8.43. The molecule has 0 saturated heterocycles. The van der Waals surface area contributed by atoms with Crippen molar-refractivity contribution in [1.82, 2.24) is 15.0 Å². The van der Waals surface area contributed by atoms with Gasteiger partial charge in [-0.2, -0.15) is 5.26 Å². The standard InChI is InChI=1S/C43H35N5/c1-45-34-15-11-30(12-16-34)41-46-40(29-7-5-25(24-44)6-8-29)47-42(48-41)32-4-2-3-31(22-32)28-9-13-33(14-10-28)43-23-27-18-36-35-17-26(20-38(36)43)21-39(43)37(35)19-27/h2-16,22,26-27,35-39H,17-21,23H2. The van der Waals surface area contributed by atoms with Gasteiger partial charge in [-0.05, 0) is 127 Å². The number of rotatable bonds is 5. The van der Waals surface area contributed by atoms with Gasteiger partial charge in [-0.1, -0.05) is 66.7 Å². The largest absolute Gasteiger partial charge is 0.238 e. The van der Waals surface area contributed by atoms with E-state index in [9.17, 15) is 5.26 Å². The van der Waals surface area contributed by atoms with E-state index in [1.54, 1.807) is 29.8 Å². The maximum Gasteiger partial charge on any atom is 0.187 e. The van der Waals surface area contributed by atoms with Crippen LogP contribution in [0.4, 0.5) is 5.69 Å². The molecule has 1 heterocycles. The minimum atomic E-state index is 0.417. The van der Waals surface area contributed by atoms with Gasteiger partial charge >= 0.3 is 0 Å². The summed E-state index contributed by atoms with van der Waals surface area (Å²) in [7, 11) is 0. The van der Waals surface area contributed by atoms with Crippen LogP contribution in [0.5, 0.6) is 0 Å². The van der Waals surface area contributed by atoms with Crippen LogP contribution in [0, 0.1) is 59.3 Å². The highest BCUT2D eigenvalue weighted by Gasteiger charge is 2.70. The predicted molar refractivity (Wildman–Crippen MR) is 186 cm³/mol. The van der Waals surface area contributed by atoms with E-state index in [1.807, 2.05) is 24.3 Å². The minimum absolute atomic E-state index is 0.417. The van der Waals surface area contributed by atoms with Crippen LogP contribution < -0.4 is 0 Å². The Bertz CT molecular complexity index is 2050. The molecule has 4 atom stereocenters. The van der Waals surface area contributed by atoms with Gasteiger partial charge in [0.15, 0.2) is 23.2 Å².